The first kappa shape index (κ1) is 21.0. The second kappa shape index (κ2) is 8.61. The van der Waals surface area contributed by atoms with Crippen molar-refractivity contribution in [3.8, 4) is 22.8 Å². The molecule has 3 rings (SSSR count). The molecule has 7 heteroatoms. The molecule has 0 aliphatic carbocycles. The van der Waals surface area contributed by atoms with Gasteiger partial charge >= 0.3 is 29.6 Å². The number of rotatable bonds is 5. The van der Waals surface area contributed by atoms with E-state index in [-0.39, 0.29) is 63.7 Å². The fourth-order valence-electron chi connectivity index (χ4n) is 2.58. The molecule has 0 atom stereocenters. The summed E-state index contributed by atoms with van der Waals surface area (Å²) in [6.45, 7) is 3.58. The molecule has 0 amide bonds. The van der Waals surface area contributed by atoms with Gasteiger partial charge in [-0.2, -0.15) is 0 Å². The van der Waals surface area contributed by atoms with Gasteiger partial charge in [0.2, 0.25) is 11.2 Å². The fraction of sp³-hybridized carbons (Fsp3) is 0.200. The molecule has 0 fully saturated rings. The van der Waals surface area contributed by atoms with Crippen molar-refractivity contribution < 1.29 is 53.3 Å². The second-order valence-corrected chi connectivity index (χ2v) is 5.98. The molecule has 0 saturated carbocycles. The van der Waals surface area contributed by atoms with Crippen LogP contribution in [0.5, 0.6) is 11.5 Å². The average Bonchev–Trinajstić information content (AvgIpc) is 2.63. The molecule has 3 aromatic rings. The SMILES string of the molecule is COc1ccc(-c2oc3ccc(C(=O)[O-])cc3c(=O)c2OC(C)C)cc1.[Na+]. The van der Waals surface area contributed by atoms with Crippen LogP contribution in [0.2, 0.25) is 0 Å². The standard InChI is InChI=1S/C20H18O6.Na/c1-11(2)25-19-17(21)15-10-13(20(22)23)6-9-16(15)26-18(19)12-4-7-14(24-3)8-5-12;/h4-11H,1-3H3,(H,22,23);/q;+1/p-1. The number of carboxylic acids is 1. The van der Waals surface area contributed by atoms with E-state index in [4.69, 9.17) is 13.9 Å². The van der Waals surface area contributed by atoms with Crippen LogP contribution in [0.4, 0.5) is 0 Å². The topological polar surface area (TPSA) is 88.8 Å². The molecule has 0 bridgehead atoms. The largest absolute Gasteiger partial charge is 1.00 e. The average molecular weight is 376 g/mol. The number of carboxylic acid groups (broad SMARTS) is 1. The van der Waals surface area contributed by atoms with Crippen molar-refractivity contribution in [3.05, 3.63) is 58.3 Å². The van der Waals surface area contributed by atoms with Gasteiger partial charge in [0.15, 0.2) is 5.76 Å². The molecule has 0 spiro atoms. The summed E-state index contributed by atoms with van der Waals surface area (Å²) in [4.78, 5) is 24.0. The van der Waals surface area contributed by atoms with Crippen molar-refractivity contribution in [1.82, 2.24) is 0 Å². The zero-order chi connectivity index (χ0) is 18.8. The number of carbonyl (C=O) groups excluding carboxylic acids is 1. The summed E-state index contributed by atoms with van der Waals surface area (Å²) < 4.78 is 16.7. The van der Waals surface area contributed by atoms with Crippen LogP contribution >= 0.6 is 0 Å². The first-order valence-electron chi connectivity index (χ1n) is 8.04. The molecule has 0 unspecified atom stereocenters. The Morgan fingerprint density at radius 2 is 1.78 bits per heavy atom. The molecule has 27 heavy (non-hydrogen) atoms. The van der Waals surface area contributed by atoms with Gasteiger partial charge in [-0.25, -0.2) is 0 Å². The van der Waals surface area contributed by atoms with Crippen LogP contribution in [-0.2, 0) is 0 Å². The van der Waals surface area contributed by atoms with Gasteiger partial charge in [0.1, 0.15) is 11.3 Å². The number of hydrogen-bond donors (Lipinski definition) is 0. The Hall–Kier alpha value is -2.28. The van der Waals surface area contributed by atoms with Crippen LogP contribution in [0, 0.1) is 0 Å². The van der Waals surface area contributed by atoms with Gasteiger partial charge in [-0.3, -0.25) is 4.79 Å². The van der Waals surface area contributed by atoms with E-state index in [2.05, 4.69) is 0 Å². The number of methoxy groups -OCH3 is 1. The quantitative estimate of drug-likeness (QED) is 0.564. The third-order valence-electron chi connectivity index (χ3n) is 3.79. The summed E-state index contributed by atoms with van der Waals surface area (Å²) in [5, 5.41) is 11.2. The molecule has 1 heterocycles. The number of aromatic carboxylic acids is 1. The zero-order valence-electron chi connectivity index (χ0n) is 15.6. The van der Waals surface area contributed by atoms with E-state index in [1.807, 2.05) is 0 Å². The molecule has 0 aliphatic heterocycles. The van der Waals surface area contributed by atoms with Crippen molar-refractivity contribution in [1.29, 1.82) is 0 Å². The van der Waals surface area contributed by atoms with Crippen molar-refractivity contribution in [2.45, 2.75) is 20.0 Å². The third kappa shape index (κ3) is 4.35. The van der Waals surface area contributed by atoms with Crippen LogP contribution in [0.25, 0.3) is 22.3 Å². The summed E-state index contributed by atoms with van der Waals surface area (Å²) in [6.07, 6.45) is -0.267. The molecule has 0 N–H and O–H groups in total. The molecule has 1 aromatic heterocycles. The third-order valence-corrected chi connectivity index (χ3v) is 3.79. The molecule has 134 valence electrons. The predicted octanol–water partition coefficient (Wildman–Crippen LogP) is -0.377. The first-order chi connectivity index (χ1) is 12.4. The van der Waals surface area contributed by atoms with Crippen molar-refractivity contribution in [2.75, 3.05) is 7.11 Å². The summed E-state index contributed by atoms with van der Waals surface area (Å²) in [7, 11) is 1.56. The van der Waals surface area contributed by atoms with E-state index < -0.39 is 11.4 Å². The smallest absolute Gasteiger partial charge is 0.545 e. The van der Waals surface area contributed by atoms with Gasteiger partial charge in [0.05, 0.1) is 24.6 Å². The monoisotopic (exact) mass is 376 g/mol. The van der Waals surface area contributed by atoms with Crippen LogP contribution < -0.4 is 49.6 Å². The Morgan fingerprint density at radius 3 is 2.33 bits per heavy atom. The number of hydrogen-bond acceptors (Lipinski definition) is 6. The Morgan fingerprint density at radius 1 is 1.11 bits per heavy atom. The van der Waals surface area contributed by atoms with E-state index in [9.17, 15) is 14.7 Å². The Labute approximate surface area is 178 Å². The van der Waals surface area contributed by atoms with Gasteiger partial charge in [-0.1, -0.05) is 0 Å². The maximum absolute atomic E-state index is 12.9. The molecule has 0 saturated heterocycles. The van der Waals surface area contributed by atoms with Gasteiger partial charge in [-0.15, -0.1) is 0 Å². The first-order valence-corrected chi connectivity index (χ1v) is 8.04. The Balaban J connectivity index is 0.00000261. The summed E-state index contributed by atoms with van der Waals surface area (Å²) in [6, 6.07) is 11.0. The fourth-order valence-corrected chi connectivity index (χ4v) is 2.58. The Kier molecular flexibility index (Phi) is 6.70. The van der Waals surface area contributed by atoms with Crippen molar-refractivity contribution in [2.24, 2.45) is 0 Å². The van der Waals surface area contributed by atoms with E-state index >= 15 is 0 Å². The minimum atomic E-state index is -1.36. The van der Waals surface area contributed by atoms with E-state index in [0.717, 1.165) is 0 Å². The summed E-state index contributed by atoms with van der Waals surface area (Å²) in [5.74, 6) is -0.383. The maximum atomic E-state index is 12.9. The van der Waals surface area contributed by atoms with Crippen LogP contribution in [0.3, 0.4) is 0 Å². The van der Waals surface area contributed by atoms with Crippen molar-refractivity contribution >= 4 is 16.9 Å². The molecular weight excluding hydrogens is 359 g/mol. The normalized spacial score (nSPS) is 10.5. The van der Waals surface area contributed by atoms with Gasteiger partial charge in [0.25, 0.3) is 0 Å². The van der Waals surface area contributed by atoms with Crippen LogP contribution in [0.1, 0.15) is 24.2 Å². The van der Waals surface area contributed by atoms with E-state index in [0.29, 0.717) is 11.3 Å². The maximum Gasteiger partial charge on any atom is 1.00 e. The number of benzene rings is 2. The minimum absolute atomic E-state index is 0. The number of fused-ring (bicyclic) bond motifs is 1. The molecular formula is C20H17NaO6. The van der Waals surface area contributed by atoms with Crippen LogP contribution in [0.15, 0.2) is 51.7 Å². The van der Waals surface area contributed by atoms with Gasteiger partial charge in [-0.05, 0) is 61.9 Å². The number of ether oxygens (including phenoxy) is 2. The molecule has 0 radical (unpaired) electrons. The van der Waals surface area contributed by atoms with Gasteiger partial charge in [0, 0.05) is 5.56 Å². The Bertz CT molecular complexity index is 1020. The van der Waals surface area contributed by atoms with E-state index in [1.165, 1.54) is 18.2 Å². The van der Waals surface area contributed by atoms with Gasteiger partial charge < -0.3 is 23.8 Å². The summed E-state index contributed by atoms with van der Waals surface area (Å²) >= 11 is 0. The molecule has 2 aromatic carbocycles. The molecule has 0 aliphatic rings. The van der Waals surface area contributed by atoms with Crippen LogP contribution in [-0.4, -0.2) is 19.2 Å². The second-order valence-electron chi connectivity index (χ2n) is 5.98. The van der Waals surface area contributed by atoms with E-state index in [1.54, 1.807) is 45.2 Å². The van der Waals surface area contributed by atoms with Crippen molar-refractivity contribution in [3.63, 3.8) is 0 Å². The number of carbonyl (C=O) groups is 1. The summed E-state index contributed by atoms with van der Waals surface area (Å²) in [5.41, 5.74) is 0.373. The minimum Gasteiger partial charge on any atom is -0.545 e. The predicted molar refractivity (Wildman–Crippen MR) is 94.6 cm³/mol. The molecule has 6 nitrogen and oxygen atoms in total. The zero-order valence-corrected chi connectivity index (χ0v) is 17.6.